The van der Waals surface area contributed by atoms with Crippen LogP contribution in [0.2, 0.25) is 0 Å². The number of carbonyl (C=O) groups excluding carboxylic acids is 2. The van der Waals surface area contributed by atoms with E-state index in [0.717, 1.165) is 30.4 Å². The molecule has 5 nitrogen and oxygen atoms in total. The Labute approximate surface area is 148 Å². The number of likely N-dealkylation sites (tertiary alicyclic amines) is 1. The molecular formula is C20H23N3O2. The minimum atomic E-state index is -0.609. The number of piperidine rings is 1. The predicted molar refractivity (Wildman–Crippen MR) is 96.9 cm³/mol. The molecule has 130 valence electrons. The van der Waals surface area contributed by atoms with Crippen molar-refractivity contribution >= 4 is 17.5 Å². The zero-order valence-corrected chi connectivity index (χ0v) is 14.6. The molecule has 2 amide bonds. The molecule has 0 bridgehead atoms. The summed E-state index contributed by atoms with van der Waals surface area (Å²) in [5, 5.41) is 2.68. The molecule has 1 fully saturated rings. The highest BCUT2D eigenvalue weighted by molar-refractivity contribution is 6.39. The van der Waals surface area contributed by atoms with Gasteiger partial charge in [0.25, 0.3) is 0 Å². The third kappa shape index (κ3) is 3.87. The van der Waals surface area contributed by atoms with Crippen molar-refractivity contribution in [1.29, 1.82) is 0 Å². The van der Waals surface area contributed by atoms with E-state index in [9.17, 15) is 9.59 Å². The third-order valence-electron chi connectivity index (χ3n) is 4.66. The Kier molecular flexibility index (Phi) is 5.12. The van der Waals surface area contributed by atoms with Crippen LogP contribution in [0.5, 0.6) is 0 Å². The number of aromatic nitrogens is 1. The van der Waals surface area contributed by atoms with Gasteiger partial charge in [-0.2, -0.15) is 0 Å². The highest BCUT2D eigenvalue weighted by atomic mass is 16.2. The summed E-state index contributed by atoms with van der Waals surface area (Å²) >= 11 is 0. The minimum absolute atomic E-state index is 0.0350. The summed E-state index contributed by atoms with van der Waals surface area (Å²) in [6.45, 7) is 3.90. The van der Waals surface area contributed by atoms with Gasteiger partial charge < -0.3 is 10.2 Å². The van der Waals surface area contributed by atoms with Crippen molar-refractivity contribution < 1.29 is 9.59 Å². The molecule has 0 spiro atoms. The highest BCUT2D eigenvalue weighted by Gasteiger charge is 2.35. The first-order valence-electron chi connectivity index (χ1n) is 8.66. The molecule has 0 radical (unpaired) electrons. The monoisotopic (exact) mass is 337 g/mol. The second kappa shape index (κ2) is 7.47. The van der Waals surface area contributed by atoms with E-state index in [1.54, 1.807) is 23.4 Å². The van der Waals surface area contributed by atoms with Gasteiger partial charge in [0.05, 0.1) is 17.9 Å². The Bertz CT molecular complexity index is 761. The zero-order chi connectivity index (χ0) is 17.8. The molecule has 1 aromatic carbocycles. The third-order valence-corrected chi connectivity index (χ3v) is 4.66. The number of amides is 2. The molecule has 25 heavy (non-hydrogen) atoms. The number of pyridine rings is 1. The van der Waals surface area contributed by atoms with Crippen LogP contribution in [0.1, 0.15) is 43.4 Å². The summed E-state index contributed by atoms with van der Waals surface area (Å²) in [7, 11) is 0. The smallest absolute Gasteiger partial charge is 0.313 e. The van der Waals surface area contributed by atoms with Crippen molar-refractivity contribution in [3.05, 3.63) is 59.9 Å². The molecule has 1 saturated heterocycles. The molecule has 0 unspecified atom stereocenters. The van der Waals surface area contributed by atoms with Crippen LogP contribution in [-0.2, 0) is 9.59 Å². The van der Waals surface area contributed by atoms with Crippen molar-refractivity contribution in [1.82, 2.24) is 9.88 Å². The topological polar surface area (TPSA) is 62.3 Å². The maximum absolute atomic E-state index is 12.9. The fraction of sp³-hybridized carbons (Fsp3) is 0.350. The molecule has 1 aliphatic rings. The first-order valence-corrected chi connectivity index (χ1v) is 8.66. The van der Waals surface area contributed by atoms with Gasteiger partial charge in [0, 0.05) is 12.2 Å². The second-order valence-corrected chi connectivity index (χ2v) is 6.62. The van der Waals surface area contributed by atoms with Crippen LogP contribution in [-0.4, -0.2) is 27.7 Å². The SMILES string of the molecule is Cc1cncc(NC(=O)C(=O)N2[C@H](C)CCC[C@H]2c2ccccc2)c1. The first kappa shape index (κ1) is 17.1. The van der Waals surface area contributed by atoms with E-state index in [0.29, 0.717) is 5.69 Å². The fourth-order valence-corrected chi connectivity index (χ4v) is 3.46. The van der Waals surface area contributed by atoms with Gasteiger partial charge in [0.1, 0.15) is 0 Å². The number of anilines is 1. The van der Waals surface area contributed by atoms with Gasteiger partial charge in [0.15, 0.2) is 0 Å². The molecule has 0 saturated carbocycles. The first-order chi connectivity index (χ1) is 12.1. The molecule has 3 rings (SSSR count). The molecule has 2 aromatic rings. The van der Waals surface area contributed by atoms with Crippen LogP contribution >= 0.6 is 0 Å². The van der Waals surface area contributed by atoms with Crippen LogP contribution in [0.3, 0.4) is 0 Å². The Hall–Kier alpha value is -2.69. The lowest BCUT2D eigenvalue weighted by molar-refractivity contribution is -0.148. The summed E-state index contributed by atoms with van der Waals surface area (Å²) < 4.78 is 0. The normalized spacial score (nSPS) is 20.2. The standard InChI is InChI=1S/C20H23N3O2/c1-14-11-17(13-21-12-14)22-19(24)20(25)23-15(2)7-6-10-18(23)16-8-4-3-5-9-16/h3-5,8-9,11-13,15,18H,6-7,10H2,1-2H3,(H,22,24)/t15-,18+/m1/s1. The molecule has 2 atom stereocenters. The maximum Gasteiger partial charge on any atom is 0.313 e. The van der Waals surface area contributed by atoms with Gasteiger partial charge in [-0.3, -0.25) is 14.6 Å². The maximum atomic E-state index is 12.9. The van der Waals surface area contributed by atoms with Crippen LogP contribution < -0.4 is 5.32 Å². The second-order valence-electron chi connectivity index (χ2n) is 6.62. The number of aryl methyl sites for hydroxylation is 1. The summed E-state index contributed by atoms with van der Waals surface area (Å²) in [4.78, 5) is 31.2. The zero-order valence-electron chi connectivity index (χ0n) is 14.6. The van der Waals surface area contributed by atoms with Crippen LogP contribution in [0.4, 0.5) is 5.69 Å². The summed E-state index contributed by atoms with van der Waals surface area (Å²) in [5.41, 5.74) is 2.55. The minimum Gasteiger partial charge on any atom is -0.325 e. The molecule has 0 aliphatic carbocycles. The van der Waals surface area contributed by atoms with Crippen molar-refractivity contribution in [2.75, 3.05) is 5.32 Å². The summed E-state index contributed by atoms with van der Waals surface area (Å²) in [6, 6.07) is 11.7. The van der Waals surface area contributed by atoms with Crippen molar-refractivity contribution in [3.63, 3.8) is 0 Å². The summed E-state index contributed by atoms with van der Waals surface area (Å²) in [5.74, 6) is -1.09. The van der Waals surface area contributed by atoms with Gasteiger partial charge >= 0.3 is 11.8 Å². The molecule has 1 aromatic heterocycles. The van der Waals surface area contributed by atoms with Gasteiger partial charge in [-0.05, 0) is 50.3 Å². The predicted octanol–water partition coefficient (Wildman–Crippen LogP) is 3.47. The average molecular weight is 337 g/mol. The van der Waals surface area contributed by atoms with E-state index in [1.165, 1.54) is 0 Å². The number of rotatable bonds is 2. The van der Waals surface area contributed by atoms with E-state index in [4.69, 9.17) is 0 Å². The Balaban J connectivity index is 1.80. The Morgan fingerprint density at radius 2 is 1.92 bits per heavy atom. The van der Waals surface area contributed by atoms with E-state index in [2.05, 4.69) is 10.3 Å². The lowest BCUT2D eigenvalue weighted by atomic mass is 9.91. The Morgan fingerprint density at radius 1 is 1.16 bits per heavy atom. The number of hydrogen-bond donors (Lipinski definition) is 1. The van der Waals surface area contributed by atoms with Gasteiger partial charge in [-0.25, -0.2) is 0 Å². The van der Waals surface area contributed by atoms with Gasteiger partial charge in [-0.15, -0.1) is 0 Å². The lowest BCUT2D eigenvalue weighted by Crippen LogP contribution is -2.48. The molecule has 2 heterocycles. The molecular weight excluding hydrogens is 314 g/mol. The van der Waals surface area contributed by atoms with E-state index < -0.39 is 11.8 Å². The molecule has 5 heteroatoms. The number of carbonyl (C=O) groups is 2. The number of benzene rings is 1. The number of nitrogens with one attached hydrogen (secondary N) is 1. The van der Waals surface area contributed by atoms with Crippen LogP contribution in [0.25, 0.3) is 0 Å². The quantitative estimate of drug-likeness (QED) is 0.854. The largest absolute Gasteiger partial charge is 0.325 e. The van der Waals surface area contributed by atoms with Crippen molar-refractivity contribution in [2.45, 2.75) is 45.2 Å². The van der Waals surface area contributed by atoms with E-state index in [1.807, 2.05) is 44.2 Å². The van der Waals surface area contributed by atoms with E-state index >= 15 is 0 Å². The average Bonchev–Trinajstić information content (AvgIpc) is 2.61. The van der Waals surface area contributed by atoms with Crippen LogP contribution in [0.15, 0.2) is 48.8 Å². The van der Waals surface area contributed by atoms with E-state index in [-0.39, 0.29) is 12.1 Å². The van der Waals surface area contributed by atoms with Crippen LogP contribution in [0, 0.1) is 6.92 Å². The van der Waals surface area contributed by atoms with Crippen molar-refractivity contribution in [2.24, 2.45) is 0 Å². The molecule has 1 aliphatic heterocycles. The number of nitrogens with zero attached hydrogens (tertiary/aromatic N) is 2. The lowest BCUT2D eigenvalue weighted by Gasteiger charge is -2.40. The fourth-order valence-electron chi connectivity index (χ4n) is 3.46. The molecule has 1 N–H and O–H groups in total. The van der Waals surface area contributed by atoms with Crippen molar-refractivity contribution in [3.8, 4) is 0 Å². The van der Waals surface area contributed by atoms with Gasteiger partial charge in [-0.1, -0.05) is 30.3 Å². The van der Waals surface area contributed by atoms with Gasteiger partial charge in [0.2, 0.25) is 0 Å². The highest BCUT2D eigenvalue weighted by Crippen LogP contribution is 2.34. The number of hydrogen-bond acceptors (Lipinski definition) is 3. The Morgan fingerprint density at radius 3 is 2.64 bits per heavy atom. The summed E-state index contributed by atoms with van der Waals surface area (Å²) in [6.07, 6.45) is 6.09.